The third kappa shape index (κ3) is 2.80. The highest BCUT2D eigenvalue weighted by molar-refractivity contribution is 5.81. The lowest BCUT2D eigenvalue weighted by Crippen LogP contribution is -2.53. The Morgan fingerprint density at radius 3 is 2.69 bits per heavy atom. The molecule has 8 heteroatoms. The molecule has 0 aliphatic carbocycles. The summed E-state index contributed by atoms with van der Waals surface area (Å²) in [6, 6.07) is 5.29. The number of carboxylic acid groups (broad SMARTS) is 1. The molecule has 0 spiro atoms. The predicted molar refractivity (Wildman–Crippen MR) is 90.3 cm³/mol. The van der Waals surface area contributed by atoms with Gasteiger partial charge in [0.15, 0.2) is 11.3 Å². The van der Waals surface area contributed by atoms with E-state index >= 15 is 0 Å². The number of amides is 1. The van der Waals surface area contributed by atoms with Crippen LogP contribution in [0, 0.1) is 5.92 Å². The van der Waals surface area contributed by atoms with Gasteiger partial charge in [0.2, 0.25) is 5.91 Å². The maximum atomic E-state index is 12.5. The van der Waals surface area contributed by atoms with Crippen molar-refractivity contribution >= 4 is 11.9 Å². The summed E-state index contributed by atoms with van der Waals surface area (Å²) < 4.78 is 12.1. The SMILES string of the molecule is O=C([C@H]1CCOC1)N1CCC(C(=O)O)(n2ccc(-c3ccco3)n2)CC1. The minimum atomic E-state index is -1.15. The Kier molecular flexibility index (Phi) is 4.28. The number of likely N-dealkylation sites (tertiary alicyclic amines) is 1. The van der Waals surface area contributed by atoms with Crippen molar-refractivity contribution in [2.75, 3.05) is 26.3 Å². The van der Waals surface area contributed by atoms with Crippen LogP contribution < -0.4 is 0 Å². The second-order valence-corrected chi connectivity index (χ2v) is 6.85. The molecule has 8 nitrogen and oxygen atoms in total. The highest BCUT2D eigenvalue weighted by Crippen LogP contribution is 2.32. The van der Waals surface area contributed by atoms with E-state index in [1.54, 1.807) is 35.6 Å². The van der Waals surface area contributed by atoms with Crippen LogP contribution in [0.15, 0.2) is 35.1 Å². The lowest BCUT2D eigenvalue weighted by molar-refractivity contribution is -0.154. The molecule has 0 unspecified atom stereocenters. The number of furan rings is 1. The Morgan fingerprint density at radius 2 is 2.08 bits per heavy atom. The molecule has 2 aliphatic heterocycles. The smallest absolute Gasteiger partial charge is 0.331 e. The van der Waals surface area contributed by atoms with E-state index in [0.29, 0.717) is 50.6 Å². The molecule has 0 aromatic carbocycles. The number of carbonyl (C=O) groups is 2. The number of hydrogen-bond donors (Lipinski definition) is 1. The third-order valence-corrected chi connectivity index (χ3v) is 5.38. The van der Waals surface area contributed by atoms with Gasteiger partial charge in [0, 0.05) is 38.7 Å². The molecule has 26 heavy (non-hydrogen) atoms. The Hall–Kier alpha value is -2.61. The molecular formula is C18H21N3O5. The molecule has 0 bridgehead atoms. The number of piperidine rings is 1. The molecule has 2 aromatic rings. The van der Waals surface area contributed by atoms with Gasteiger partial charge in [-0.15, -0.1) is 0 Å². The second-order valence-electron chi connectivity index (χ2n) is 6.85. The van der Waals surface area contributed by atoms with Gasteiger partial charge in [-0.1, -0.05) is 0 Å². The van der Waals surface area contributed by atoms with E-state index in [0.717, 1.165) is 6.42 Å². The zero-order chi connectivity index (χ0) is 18.1. The molecule has 0 radical (unpaired) electrons. The summed E-state index contributed by atoms with van der Waals surface area (Å²) in [6.07, 6.45) is 4.61. The van der Waals surface area contributed by atoms with Gasteiger partial charge in [-0.3, -0.25) is 9.48 Å². The number of carbonyl (C=O) groups excluding carboxylic acids is 1. The van der Waals surface area contributed by atoms with Crippen molar-refractivity contribution in [1.82, 2.24) is 14.7 Å². The molecule has 1 amide bonds. The first-order valence-corrected chi connectivity index (χ1v) is 8.80. The number of aromatic nitrogens is 2. The van der Waals surface area contributed by atoms with E-state index in [1.807, 2.05) is 0 Å². The van der Waals surface area contributed by atoms with Crippen molar-refractivity contribution in [1.29, 1.82) is 0 Å². The van der Waals surface area contributed by atoms with Crippen LogP contribution in [0.3, 0.4) is 0 Å². The largest absolute Gasteiger partial charge is 0.479 e. The quantitative estimate of drug-likeness (QED) is 0.890. The number of hydrogen-bond acceptors (Lipinski definition) is 5. The molecule has 1 atom stereocenters. The van der Waals surface area contributed by atoms with Crippen LogP contribution in [0.5, 0.6) is 0 Å². The number of rotatable bonds is 4. The molecule has 4 heterocycles. The maximum absolute atomic E-state index is 12.5. The Labute approximate surface area is 150 Å². The minimum absolute atomic E-state index is 0.0678. The predicted octanol–water partition coefficient (Wildman–Crippen LogP) is 1.58. The molecule has 2 fully saturated rings. The van der Waals surface area contributed by atoms with Crippen molar-refractivity contribution in [2.24, 2.45) is 5.92 Å². The summed E-state index contributed by atoms with van der Waals surface area (Å²) in [6.45, 7) is 1.88. The van der Waals surface area contributed by atoms with Crippen molar-refractivity contribution < 1.29 is 23.8 Å². The average molecular weight is 359 g/mol. The number of carboxylic acids is 1. The zero-order valence-corrected chi connectivity index (χ0v) is 14.3. The van der Waals surface area contributed by atoms with E-state index in [9.17, 15) is 14.7 Å². The van der Waals surface area contributed by atoms with Gasteiger partial charge in [0.05, 0.1) is 18.8 Å². The molecular weight excluding hydrogens is 338 g/mol. The topological polar surface area (TPSA) is 97.8 Å². The van der Waals surface area contributed by atoms with E-state index in [2.05, 4.69) is 5.10 Å². The van der Waals surface area contributed by atoms with Crippen LogP contribution in [0.2, 0.25) is 0 Å². The fourth-order valence-electron chi connectivity index (χ4n) is 3.74. The molecule has 2 aromatic heterocycles. The Morgan fingerprint density at radius 1 is 1.27 bits per heavy atom. The standard InChI is InChI=1S/C18H21N3O5/c22-16(13-4-11-25-12-13)20-8-5-18(6-9-20,17(23)24)21-7-3-14(19-21)15-2-1-10-26-15/h1-3,7,10,13H,4-6,8-9,11-12H2,(H,23,24)/t13-/m0/s1. The molecule has 1 N–H and O–H groups in total. The molecule has 2 aliphatic rings. The van der Waals surface area contributed by atoms with Crippen LogP contribution >= 0.6 is 0 Å². The monoisotopic (exact) mass is 359 g/mol. The van der Waals surface area contributed by atoms with E-state index in [-0.39, 0.29) is 11.8 Å². The first-order valence-electron chi connectivity index (χ1n) is 8.80. The summed E-state index contributed by atoms with van der Waals surface area (Å²) >= 11 is 0. The third-order valence-electron chi connectivity index (χ3n) is 5.38. The Balaban J connectivity index is 1.52. The van der Waals surface area contributed by atoms with Gasteiger partial charge in [0.1, 0.15) is 5.69 Å². The summed E-state index contributed by atoms with van der Waals surface area (Å²) in [4.78, 5) is 26.4. The van der Waals surface area contributed by atoms with Crippen LogP contribution in [0.4, 0.5) is 0 Å². The van der Waals surface area contributed by atoms with Crippen LogP contribution in [-0.2, 0) is 19.9 Å². The highest BCUT2D eigenvalue weighted by atomic mass is 16.5. The molecule has 0 saturated carbocycles. The van der Waals surface area contributed by atoms with Crippen LogP contribution in [0.25, 0.3) is 11.5 Å². The lowest BCUT2D eigenvalue weighted by Gasteiger charge is -2.39. The molecule has 138 valence electrons. The summed E-state index contributed by atoms with van der Waals surface area (Å²) in [5.74, 6) is -0.359. The number of nitrogens with zero attached hydrogens (tertiary/aromatic N) is 3. The molecule has 2 saturated heterocycles. The fraction of sp³-hybridized carbons (Fsp3) is 0.500. The average Bonchev–Trinajstić information content (AvgIpc) is 3.43. The lowest BCUT2D eigenvalue weighted by atomic mass is 9.87. The van der Waals surface area contributed by atoms with Crippen molar-refractivity contribution in [2.45, 2.75) is 24.8 Å². The van der Waals surface area contributed by atoms with Crippen molar-refractivity contribution in [3.05, 3.63) is 30.7 Å². The minimum Gasteiger partial charge on any atom is -0.479 e. The van der Waals surface area contributed by atoms with Gasteiger partial charge >= 0.3 is 5.97 Å². The van der Waals surface area contributed by atoms with Gasteiger partial charge < -0.3 is 19.2 Å². The normalized spacial score (nSPS) is 22.5. The van der Waals surface area contributed by atoms with E-state index in [1.165, 1.54) is 4.68 Å². The van der Waals surface area contributed by atoms with E-state index in [4.69, 9.17) is 9.15 Å². The number of aliphatic carboxylic acids is 1. The van der Waals surface area contributed by atoms with Gasteiger partial charge in [-0.2, -0.15) is 5.10 Å². The fourth-order valence-corrected chi connectivity index (χ4v) is 3.74. The summed E-state index contributed by atoms with van der Waals surface area (Å²) in [5, 5.41) is 14.3. The van der Waals surface area contributed by atoms with Gasteiger partial charge in [-0.05, 0) is 24.6 Å². The molecule has 4 rings (SSSR count). The van der Waals surface area contributed by atoms with Crippen LogP contribution in [0.1, 0.15) is 19.3 Å². The second kappa shape index (κ2) is 6.60. The maximum Gasteiger partial charge on any atom is 0.331 e. The van der Waals surface area contributed by atoms with Crippen LogP contribution in [-0.4, -0.2) is 58.0 Å². The summed E-state index contributed by atoms with van der Waals surface area (Å²) in [7, 11) is 0. The first-order chi connectivity index (χ1) is 12.6. The highest BCUT2D eigenvalue weighted by Gasteiger charge is 2.45. The van der Waals surface area contributed by atoms with E-state index < -0.39 is 11.5 Å². The van der Waals surface area contributed by atoms with Crippen molar-refractivity contribution in [3.8, 4) is 11.5 Å². The van der Waals surface area contributed by atoms with Gasteiger partial charge in [0.25, 0.3) is 0 Å². The number of ether oxygens (including phenoxy) is 1. The Bertz CT molecular complexity index is 784. The zero-order valence-electron chi connectivity index (χ0n) is 14.3. The first kappa shape index (κ1) is 16.8. The van der Waals surface area contributed by atoms with Gasteiger partial charge in [-0.25, -0.2) is 4.79 Å². The van der Waals surface area contributed by atoms with Crippen molar-refractivity contribution in [3.63, 3.8) is 0 Å². The summed E-state index contributed by atoms with van der Waals surface area (Å²) in [5.41, 5.74) is -0.550.